The normalized spacial score (nSPS) is 11.3. The highest BCUT2D eigenvalue weighted by molar-refractivity contribution is 5.50. The predicted molar refractivity (Wildman–Crippen MR) is 72.1 cm³/mol. The highest BCUT2D eigenvalue weighted by atomic mass is 16.5. The van der Waals surface area contributed by atoms with E-state index in [2.05, 4.69) is 13.8 Å². The summed E-state index contributed by atoms with van der Waals surface area (Å²) in [5.41, 5.74) is 1.08. The van der Waals surface area contributed by atoms with Crippen LogP contribution in [0.15, 0.2) is 30.3 Å². The van der Waals surface area contributed by atoms with Crippen LogP contribution in [0.25, 0.3) is 6.08 Å². The lowest BCUT2D eigenvalue weighted by molar-refractivity contribution is 0.297. The second-order valence-electron chi connectivity index (χ2n) is 4.54. The molecule has 0 saturated heterocycles. The van der Waals surface area contributed by atoms with Crippen LogP contribution in [0.5, 0.6) is 5.75 Å². The molecule has 2 nitrogen and oxygen atoms in total. The summed E-state index contributed by atoms with van der Waals surface area (Å²) in [7, 11) is 0. The first-order valence-electron chi connectivity index (χ1n) is 6.22. The fraction of sp³-hybridized carbons (Fsp3) is 0.467. The topological polar surface area (TPSA) is 29.5 Å². The molecule has 1 aromatic carbocycles. The molecular formula is C15H22O2. The third-order valence-electron chi connectivity index (χ3n) is 2.49. The van der Waals surface area contributed by atoms with E-state index in [1.54, 1.807) is 6.08 Å². The lowest BCUT2D eigenvalue weighted by Crippen LogP contribution is -1.99. The van der Waals surface area contributed by atoms with Crippen molar-refractivity contribution in [3.63, 3.8) is 0 Å². The number of ether oxygens (including phenoxy) is 1. The molecule has 0 fully saturated rings. The second-order valence-corrected chi connectivity index (χ2v) is 4.54. The standard InChI is InChI=1S/C15H22O2/c1-13(2)5-4-12-17-15-9-7-14(8-10-15)6-3-11-16/h3,6-10,13,16H,4-5,11-12H2,1-2H3. The minimum absolute atomic E-state index is 0.0768. The van der Waals surface area contributed by atoms with Crippen molar-refractivity contribution in [3.8, 4) is 5.75 Å². The summed E-state index contributed by atoms with van der Waals surface area (Å²) >= 11 is 0. The van der Waals surface area contributed by atoms with Crippen LogP contribution in [0.4, 0.5) is 0 Å². The van der Waals surface area contributed by atoms with Crippen LogP contribution in [0, 0.1) is 5.92 Å². The fourth-order valence-corrected chi connectivity index (χ4v) is 1.55. The van der Waals surface area contributed by atoms with Gasteiger partial charge in [0.25, 0.3) is 0 Å². The van der Waals surface area contributed by atoms with E-state index >= 15 is 0 Å². The van der Waals surface area contributed by atoms with Gasteiger partial charge < -0.3 is 9.84 Å². The fourth-order valence-electron chi connectivity index (χ4n) is 1.55. The molecule has 0 heterocycles. The zero-order chi connectivity index (χ0) is 12.5. The molecule has 17 heavy (non-hydrogen) atoms. The summed E-state index contributed by atoms with van der Waals surface area (Å²) in [6, 6.07) is 7.91. The van der Waals surface area contributed by atoms with Crippen molar-refractivity contribution in [1.82, 2.24) is 0 Å². The highest BCUT2D eigenvalue weighted by Crippen LogP contribution is 2.14. The third kappa shape index (κ3) is 6.12. The van der Waals surface area contributed by atoms with E-state index in [1.807, 2.05) is 30.3 Å². The molecule has 0 unspecified atom stereocenters. The molecule has 0 aliphatic heterocycles. The molecular weight excluding hydrogens is 212 g/mol. The van der Waals surface area contributed by atoms with Gasteiger partial charge >= 0.3 is 0 Å². The lowest BCUT2D eigenvalue weighted by atomic mass is 10.1. The minimum atomic E-state index is 0.0768. The first-order chi connectivity index (χ1) is 8.22. The molecule has 1 aromatic rings. The first kappa shape index (κ1) is 13.8. The number of aliphatic hydroxyl groups excluding tert-OH is 1. The molecule has 0 atom stereocenters. The van der Waals surface area contributed by atoms with Gasteiger partial charge in [-0.3, -0.25) is 0 Å². The molecule has 0 aliphatic rings. The minimum Gasteiger partial charge on any atom is -0.494 e. The highest BCUT2D eigenvalue weighted by Gasteiger charge is 1.96. The van der Waals surface area contributed by atoms with E-state index in [1.165, 1.54) is 6.42 Å². The Morgan fingerprint density at radius 3 is 2.53 bits per heavy atom. The maximum absolute atomic E-state index is 8.66. The Morgan fingerprint density at radius 2 is 1.94 bits per heavy atom. The summed E-state index contributed by atoms with van der Waals surface area (Å²) in [6.45, 7) is 5.31. The zero-order valence-corrected chi connectivity index (χ0v) is 10.7. The lowest BCUT2D eigenvalue weighted by Gasteiger charge is -2.07. The van der Waals surface area contributed by atoms with Crippen molar-refractivity contribution in [2.45, 2.75) is 26.7 Å². The van der Waals surface area contributed by atoms with Crippen LogP contribution in [0.1, 0.15) is 32.3 Å². The largest absolute Gasteiger partial charge is 0.494 e. The number of hydrogen-bond donors (Lipinski definition) is 1. The molecule has 94 valence electrons. The average Bonchev–Trinajstić information content (AvgIpc) is 2.33. The van der Waals surface area contributed by atoms with Gasteiger partial charge in [-0.1, -0.05) is 38.1 Å². The van der Waals surface area contributed by atoms with E-state index < -0.39 is 0 Å². The van der Waals surface area contributed by atoms with Crippen LogP contribution in [-0.4, -0.2) is 18.3 Å². The van der Waals surface area contributed by atoms with Crippen molar-refractivity contribution in [2.75, 3.05) is 13.2 Å². The molecule has 0 bridgehead atoms. The van der Waals surface area contributed by atoms with Gasteiger partial charge in [0.05, 0.1) is 13.2 Å². The molecule has 0 aliphatic carbocycles. The quantitative estimate of drug-likeness (QED) is 0.732. The summed E-state index contributed by atoms with van der Waals surface area (Å²) in [6.07, 6.45) is 5.92. The molecule has 0 amide bonds. The van der Waals surface area contributed by atoms with Crippen molar-refractivity contribution in [2.24, 2.45) is 5.92 Å². The summed E-state index contributed by atoms with van der Waals surface area (Å²) in [5, 5.41) is 8.66. The van der Waals surface area contributed by atoms with Crippen LogP contribution in [-0.2, 0) is 0 Å². The average molecular weight is 234 g/mol. The van der Waals surface area contributed by atoms with Crippen LogP contribution >= 0.6 is 0 Å². The number of hydrogen-bond acceptors (Lipinski definition) is 2. The Bertz CT molecular complexity index is 325. The summed E-state index contributed by atoms with van der Waals surface area (Å²) in [4.78, 5) is 0. The Balaban J connectivity index is 2.32. The smallest absolute Gasteiger partial charge is 0.119 e. The molecule has 2 heteroatoms. The van der Waals surface area contributed by atoms with E-state index in [4.69, 9.17) is 9.84 Å². The molecule has 0 aromatic heterocycles. The van der Waals surface area contributed by atoms with E-state index in [0.717, 1.165) is 30.3 Å². The molecule has 0 radical (unpaired) electrons. The second kappa shape index (κ2) is 7.91. The van der Waals surface area contributed by atoms with Gasteiger partial charge in [0.15, 0.2) is 0 Å². The van der Waals surface area contributed by atoms with E-state index in [0.29, 0.717) is 0 Å². The summed E-state index contributed by atoms with van der Waals surface area (Å²) < 4.78 is 5.64. The van der Waals surface area contributed by atoms with Gasteiger partial charge in [0, 0.05) is 0 Å². The Hall–Kier alpha value is -1.28. The third-order valence-corrected chi connectivity index (χ3v) is 2.49. The van der Waals surface area contributed by atoms with Crippen molar-refractivity contribution in [3.05, 3.63) is 35.9 Å². The number of rotatable bonds is 7. The molecule has 1 rings (SSSR count). The van der Waals surface area contributed by atoms with Gasteiger partial charge in [-0.05, 0) is 36.5 Å². The van der Waals surface area contributed by atoms with Gasteiger partial charge in [-0.15, -0.1) is 0 Å². The van der Waals surface area contributed by atoms with Gasteiger partial charge in [-0.25, -0.2) is 0 Å². The van der Waals surface area contributed by atoms with Crippen molar-refractivity contribution < 1.29 is 9.84 Å². The first-order valence-corrected chi connectivity index (χ1v) is 6.22. The molecule has 0 spiro atoms. The number of aliphatic hydroxyl groups is 1. The SMILES string of the molecule is CC(C)CCCOc1ccc(C=CCO)cc1. The van der Waals surface area contributed by atoms with Crippen LogP contribution in [0.3, 0.4) is 0 Å². The van der Waals surface area contributed by atoms with E-state index in [9.17, 15) is 0 Å². The van der Waals surface area contributed by atoms with Gasteiger partial charge in [0.1, 0.15) is 5.75 Å². The Morgan fingerprint density at radius 1 is 1.24 bits per heavy atom. The maximum Gasteiger partial charge on any atom is 0.119 e. The predicted octanol–water partition coefficient (Wildman–Crippen LogP) is 3.51. The van der Waals surface area contributed by atoms with E-state index in [-0.39, 0.29) is 6.61 Å². The Kier molecular flexibility index (Phi) is 6.41. The zero-order valence-electron chi connectivity index (χ0n) is 10.7. The Labute approximate surface area is 104 Å². The van der Waals surface area contributed by atoms with Crippen molar-refractivity contribution >= 4 is 6.08 Å². The van der Waals surface area contributed by atoms with Gasteiger partial charge in [0.2, 0.25) is 0 Å². The van der Waals surface area contributed by atoms with Crippen LogP contribution in [0.2, 0.25) is 0 Å². The number of benzene rings is 1. The van der Waals surface area contributed by atoms with Crippen molar-refractivity contribution in [1.29, 1.82) is 0 Å². The summed E-state index contributed by atoms with van der Waals surface area (Å²) in [5.74, 6) is 1.65. The monoisotopic (exact) mass is 234 g/mol. The maximum atomic E-state index is 8.66. The van der Waals surface area contributed by atoms with Gasteiger partial charge in [-0.2, -0.15) is 0 Å². The van der Waals surface area contributed by atoms with Crippen LogP contribution < -0.4 is 4.74 Å². The molecule has 1 N–H and O–H groups in total. The molecule has 0 saturated carbocycles.